The fourth-order valence-electron chi connectivity index (χ4n) is 6.22. The summed E-state index contributed by atoms with van der Waals surface area (Å²) in [5.74, 6) is -2.61. The Labute approximate surface area is 237 Å². The van der Waals surface area contributed by atoms with Crippen LogP contribution in [0.5, 0.6) is 5.75 Å². The van der Waals surface area contributed by atoms with E-state index in [1.807, 2.05) is 60.6 Å². The first-order chi connectivity index (χ1) is 19.8. The summed E-state index contributed by atoms with van der Waals surface area (Å²) in [6.45, 7) is 1.44. The lowest BCUT2D eigenvalue weighted by atomic mass is 9.78. The number of carboxylic acid groups (broad SMARTS) is 1. The predicted octanol–water partition coefficient (Wildman–Crippen LogP) is 5.99. The monoisotopic (exact) mass is 563 g/mol. The first-order valence-electron chi connectivity index (χ1n) is 14.3. The molecule has 4 aromatic rings. The Morgan fingerprint density at radius 1 is 1.10 bits per heavy atom. The lowest BCUT2D eigenvalue weighted by Gasteiger charge is -2.33. The summed E-state index contributed by atoms with van der Waals surface area (Å²) in [6.07, 6.45) is 4.85. The molecule has 2 aliphatic rings. The van der Waals surface area contributed by atoms with Crippen LogP contribution >= 0.6 is 0 Å². The summed E-state index contributed by atoms with van der Waals surface area (Å²) in [6, 6.07) is 15.7. The molecule has 1 aliphatic heterocycles. The number of carboxylic acids is 1. The van der Waals surface area contributed by atoms with Crippen LogP contribution in [-0.2, 0) is 25.0 Å². The molecule has 2 aromatic carbocycles. The summed E-state index contributed by atoms with van der Waals surface area (Å²) >= 11 is 0. The van der Waals surface area contributed by atoms with Crippen molar-refractivity contribution in [3.8, 4) is 5.75 Å². The number of imidazole rings is 1. The SMILES string of the molecule is Cn1ccc(COc2ccc3nc([C@@H]4CCCC[C@@H]4C(=O)O)n(Cc4cccc(N5CCC(F)(F)CC5)c4)c3c2)n1. The highest BCUT2D eigenvalue weighted by Gasteiger charge is 2.36. The van der Waals surface area contributed by atoms with Crippen molar-refractivity contribution in [2.24, 2.45) is 13.0 Å². The average molecular weight is 564 g/mol. The van der Waals surface area contributed by atoms with E-state index in [1.54, 1.807) is 4.68 Å². The minimum atomic E-state index is -2.60. The Bertz CT molecular complexity index is 1540. The number of fused-ring (bicyclic) bond motifs is 1. The van der Waals surface area contributed by atoms with Crippen molar-refractivity contribution in [2.75, 3.05) is 18.0 Å². The Morgan fingerprint density at radius 3 is 2.66 bits per heavy atom. The van der Waals surface area contributed by atoms with Gasteiger partial charge in [-0.15, -0.1) is 0 Å². The van der Waals surface area contributed by atoms with Crippen molar-refractivity contribution in [1.82, 2.24) is 19.3 Å². The van der Waals surface area contributed by atoms with Gasteiger partial charge < -0.3 is 19.3 Å². The quantitative estimate of drug-likeness (QED) is 0.284. The highest BCUT2D eigenvalue weighted by Crippen LogP contribution is 2.40. The Hall–Kier alpha value is -3.95. The number of aryl methyl sites for hydroxylation is 1. The number of piperidine rings is 1. The maximum atomic E-state index is 13.8. The molecule has 41 heavy (non-hydrogen) atoms. The number of rotatable bonds is 8. The molecule has 10 heteroatoms. The predicted molar refractivity (Wildman–Crippen MR) is 152 cm³/mol. The van der Waals surface area contributed by atoms with Crippen molar-refractivity contribution in [1.29, 1.82) is 0 Å². The van der Waals surface area contributed by atoms with E-state index in [-0.39, 0.29) is 18.8 Å². The molecule has 216 valence electrons. The fraction of sp³-hybridized carbons (Fsp3) is 0.452. The minimum Gasteiger partial charge on any atom is -0.487 e. The van der Waals surface area contributed by atoms with Crippen molar-refractivity contribution in [3.05, 3.63) is 71.8 Å². The third-order valence-electron chi connectivity index (χ3n) is 8.43. The normalized spacial score (nSPS) is 20.8. The second-order valence-electron chi connectivity index (χ2n) is 11.3. The van der Waals surface area contributed by atoms with E-state index >= 15 is 0 Å². The van der Waals surface area contributed by atoms with Crippen molar-refractivity contribution < 1.29 is 23.4 Å². The number of ether oxygens (including phenoxy) is 1. The van der Waals surface area contributed by atoms with E-state index in [4.69, 9.17) is 9.72 Å². The van der Waals surface area contributed by atoms with Gasteiger partial charge in [0, 0.05) is 63.4 Å². The van der Waals surface area contributed by atoms with E-state index in [1.165, 1.54) is 0 Å². The van der Waals surface area contributed by atoms with Crippen molar-refractivity contribution in [2.45, 2.75) is 63.5 Å². The van der Waals surface area contributed by atoms with Gasteiger partial charge in [0.25, 0.3) is 5.92 Å². The lowest BCUT2D eigenvalue weighted by molar-refractivity contribution is -0.143. The highest BCUT2D eigenvalue weighted by atomic mass is 19.3. The Balaban J connectivity index is 1.35. The van der Waals surface area contributed by atoms with E-state index in [0.717, 1.165) is 53.1 Å². The first-order valence-corrected chi connectivity index (χ1v) is 14.3. The number of halogens is 2. The molecule has 0 amide bonds. The summed E-state index contributed by atoms with van der Waals surface area (Å²) in [7, 11) is 1.86. The number of hydrogen-bond acceptors (Lipinski definition) is 5. The van der Waals surface area contributed by atoms with Crippen LogP contribution in [0.3, 0.4) is 0 Å². The van der Waals surface area contributed by atoms with Crippen molar-refractivity contribution in [3.63, 3.8) is 0 Å². The lowest BCUT2D eigenvalue weighted by Crippen LogP contribution is -2.39. The molecule has 0 spiro atoms. The number of carbonyl (C=O) groups is 1. The highest BCUT2D eigenvalue weighted by molar-refractivity contribution is 5.79. The van der Waals surface area contributed by atoms with Crippen LogP contribution in [0.2, 0.25) is 0 Å². The van der Waals surface area contributed by atoms with E-state index in [2.05, 4.69) is 15.7 Å². The molecular formula is C31H35F2N5O3. The number of nitrogens with zero attached hydrogens (tertiary/aromatic N) is 5. The Kier molecular flexibility index (Phi) is 7.40. The van der Waals surface area contributed by atoms with E-state index < -0.39 is 17.8 Å². The van der Waals surface area contributed by atoms with E-state index in [0.29, 0.717) is 38.4 Å². The van der Waals surface area contributed by atoms with Gasteiger partial charge in [0.2, 0.25) is 0 Å². The molecule has 2 aromatic heterocycles. The average Bonchev–Trinajstić information content (AvgIpc) is 3.54. The Morgan fingerprint density at radius 2 is 1.90 bits per heavy atom. The topological polar surface area (TPSA) is 85.4 Å². The molecule has 0 radical (unpaired) electrons. The largest absolute Gasteiger partial charge is 0.487 e. The molecular weight excluding hydrogens is 528 g/mol. The van der Waals surface area contributed by atoms with Gasteiger partial charge in [-0.3, -0.25) is 9.48 Å². The number of hydrogen-bond donors (Lipinski definition) is 1. The number of benzene rings is 2. The molecule has 1 N–H and O–H groups in total. The van der Waals surface area contributed by atoms with Crippen molar-refractivity contribution >= 4 is 22.7 Å². The van der Waals surface area contributed by atoms with Crippen LogP contribution in [0.4, 0.5) is 14.5 Å². The molecule has 8 nitrogen and oxygen atoms in total. The van der Waals surface area contributed by atoms with Gasteiger partial charge in [0.05, 0.1) is 22.6 Å². The summed E-state index contributed by atoms with van der Waals surface area (Å²) in [4.78, 5) is 19.2. The molecule has 1 saturated carbocycles. The smallest absolute Gasteiger partial charge is 0.307 e. The van der Waals surface area contributed by atoms with E-state index in [9.17, 15) is 18.7 Å². The summed E-state index contributed by atoms with van der Waals surface area (Å²) in [5.41, 5.74) is 4.40. The van der Waals surface area contributed by atoms with Crippen LogP contribution in [0.25, 0.3) is 11.0 Å². The van der Waals surface area contributed by atoms with Crippen LogP contribution in [0.1, 0.15) is 61.5 Å². The second-order valence-corrected chi connectivity index (χ2v) is 11.3. The number of aromatic nitrogens is 4. The zero-order valence-corrected chi connectivity index (χ0v) is 23.2. The maximum Gasteiger partial charge on any atom is 0.307 e. The van der Waals surface area contributed by atoms with Gasteiger partial charge in [0.1, 0.15) is 18.2 Å². The molecule has 2 fully saturated rings. The zero-order chi connectivity index (χ0) is 28.6. The van der Waals surface area contributed by atoms with Gasteiger partial charge in [-0.25, -0.2) is 13.8 Å². The molecule has 3 heterocycles. The molecule has 2 atom stereocenters. The number of anilines is 1. The van der Waals surface area contributed by atoms with Gasteiger partial charge in [0.15, 0.2) is 0 Å². The standard InChI is InChI=1S/C31H35F2N5O3/c1-36-14-11-22(35-36)20-41-24-9-10-27-28(18-24)38(29(34-27)25-7-2-3-8-26(25)30(39)40)19-21-5-4-6-23(17-21)37-15-12-31(32,33)13-16-37/h4-6,9-11,14,17-18,25-26H,2-3,7-8,12-13,15-16,19-20H2,1H3,(H,39,40)/t25-,26+/m1/s1. The van der Waals surface area contributed by atoms with Crippen LogP contribution in [0.15, 0.2) is 54.7 Å². The van der Waals surface area contributed by atoms with Gasteiger partial charge >= 0.3 is 5.97 Å². The molecule has 0 bridgehead atoms. The van der Waals surface area contributed by atoms with Gasteiger partial charge in [-0.05, 0) is 48.7 Å². The zero-order valence-electron chi connectivity index (χ0n) is 23.2. The van der Waals surface area contributed by atoms with Gasteiger partial charge in [-0.1, -0.05) is 25.0 Å². The fourth-order valence-corrected chi connectivity index (χ4v) is 6.22. The molecule has 1 saturated heterocycles. The number of alkyl halides is 2. The molecule has 1 aliphatic carbocycles. The summed E-state index contributed by atoms with van der Waals surface area (Å²) < 4.78 is 37.5. The third-order valence-corrected chi connectivity index (χ3v) is 8.43. The molecule has 0 unspecified atom stereocenters. The van der Waals surface area contributed by atoms with Crippen LogP contribution in [0, 0.1) is 5.92 Å². The second kappa shape index (κ2) is 11.1. The molecule has 6 rings (SSSR count). The first kappa shape index (κ1) is 27.2. The van der Waals surface area contributed by atoms with Crippen LogP contribution < -0.4 is 9.64 Å². The maximum absolute atomic E-state index is 13.8. The number of aliphatic carboxylic acids is 1. The minimum absolute atomic E-state index is 0.146. The van der Waals surface area contributed by atoms with Crippen LogP contribution in [-0.4, -0.2) is 49.4 Å². The summed E-state index contributed by atoms with van der Waals surface area (Å²) in [5, 5.41) is 14.4. The van der Waals surface area contributed by atoms with Gasteiger partial charge in [-0.2, -0.15) is 5.10 Å². The third kappa shape index (κ3) is 5.92.